The molecule has 1 heterocycles. The van der Waals surface area contributed by atoms with Crippen LogP contribution >= 0.6 is 0 Å². The lowest BCUT2D eigenvalue weighted by molar-refractivity contribution is 0.660. The van der Waals surface area contributed by atoms with Crippen LogP contribution in [0.5, 0.6) is 0 Å². The molecule has 0 amide bonds. The van der Waals surface area contributed by atoms with E-state index in [0.717, 1.165) is 44.6 Å². The SMILES string of the molecule is CC1(C)c2ccc(-c3ccc(-c4cc(-c5ccc6ccccc6c5)nc(-c5ccc6ccccc6c5)n4)cc3)cc2-c2ccc(C#N)cc21. The molecule has 0 bridgehead atoms. The van der Waals surface area contributed by atoms with E-state index in [-0.39, 0.29) is 5.41 Å². The van der Waals surface area contributed by atoms with Crippen LogP contribution in [0, 0.1) is 11.3 Å². The zero-order valence-corrected chi connectivity index (χ0v) is 27.3. The zero-order valence-electron chi connectivity index (χ0n) is 27.3. The van der Waals surface area contributed by atoms with Crippen LogP contribution in [0.3, 0.4) is 0 Å². The molecule has 49 heavy (non-hydrogen) atoms. The average Bonchev–Trinajstić information content (AvgIpc) is 3.39. The lowest BCUT2D eigenvalue weighted by Gasteiger charge is -2.21. The van der Waals surface area contributed by atoms with Crippen LogP contribution in [0.4, 0.5) is 0 Å². The Bertz CT molecular complexity index is 2540. The molecule has 0 spiro atoms. The van der Waals surface area contributed by atoms with Crippen LogP contribution in [0.2, 0.25) is 0 Å². The van der Waals surface area contributed by atoms with Gasteiger partial charge < -0.3 is 0 Å². The minimum absolute atomic E-state index is 0.154. The highest BCUT2D eigenvalue weighted by molar-refractivity contribution is 5.89. The normalized spacial score (nSPS) is 12.8. The number of aromatic nitrogens is 2. The number of rotatable bonds is 4. The molecule has 230 valence electrons. The predicted molar refractivity (Wildman–Crippen MR) is 201 cm³/mol. The second-order valence-electron chi connectivity index (χ2n) is 13.4. The van der Waals surface area contributed by atoms with Gasteiger partial charge in [-0.2, -0.15) is 5.26 Å². The van der Waals surface area contributed by atoms with Gasteiger partial charge in [-0.25, -0.2) is 9.97 Å². The predicted octanol–water partition coefficient (Wildman–Crippen LogP) is 11.6. The molecule has 7 aromatic carbocycles. The molecular formula is C46H31N3. The Kier molecular flexibility index (Phi) is 6.54. The molecule has 8 aromatic rings. The van der Waals surface area contributed by atoms with Crippen molar-refractivity contribution in [3.05, 3.63) is 168 Å². The van der Waals surface area contributed by atoms with Gasteiger partial charge in [0.25, 0.3) is 0 Å². The molecule has 9 rings (SSSR count). The van der Waals surface area contributed by atoms with Gasteiger partial charge in [0, 0.05) is 22.1 Å². The number of fused-ring (bicyclic) bond motifs is 5. The largest absolute Gasteiger partial charge is 0.228 e. The van der Waals surface area contributed by atoms with Crippen molar-refractivity contribution in [2.75, 3.05) is 0 Å². The van der Waals surface area contributed by atoms with Crippen LogP contribution in [0.25, 0.3) is 77.7 Å². The fraction of sp³-hybridized carbons (Fsp3) is 0.0652. The summed E-state index contributed by atoms with van der Waals surface area (Å²) in [6.45, 7) is 4.49. The Hall–Kier alpha value is -6.37. The molecule has 0 radical (unpaired) electrons. The van der Waals surface area contributed by atoms with E-state index in [9.17, 15) is 5.26 Å². The van der Waals surface area contributed by atoms with E-state index in [1.807, 2.05) is 12.1 Å². The van der Waals surface area contributed by atoms with E-state index >= 15 is 0 Å². The monoisotopic (exact) mass is 625 g/mol. The van der Waals surface area contributed by atoms with Crippen molar-refractivity contribution in [1.29, 1.82) is 5.26 Å². The summed E-state index contributed by atoms with van der Waals surface area (Å²) in [5.74, 6) is 0.704. The lowest BCUT2D eigenvalue weighted by atomic mass is 9.81. The van der Waals surface area contributed by atoms with E-state index in [4.69, 9.17) is 9.97 Å². The number of hydrogen-bond acceptors (Lipinski definition) is 3. The first kappa shape index (κ1) is 28.8. The quantitative estimate of drug-likeness (QED) is 0.195. The Morgan fingerprint density at radius 2 is 1.02 bits per heavy atom. The van der Waals surface area contributed by atoms with Crippen LogP contribution in [-0.4, -0.2) is 9.97 Å². The molecule has 0 unspecified atom stereocenters. The van der Waals surface area contributed by atoms with Gasteiger partial charge in [-0.05, 0) is 91.3 Å². The molecule has 0 aliphatic heterocycles. The van der Waals surface area contributed by atoms with E-state index in [1.54, 1.807) is 0 Å². The van der Waals surface area contributed by atoms with Gasteiger partial charge >= 0.3 is 0 Å². The number of benzene rings is 7. The third-order valence-electron chi connectivity index (χ3n) is 10.1. The Morgan fingerprint density at radius 1 is 0.449 bits per heavy atom. The summed E-state index contributed by atoms with van der Waals surface area (Å²) >= 11 is 0. The van der Waals surface area contributed by atoms with Crippen LogP contribution in [0.15, 0.2) is 152 Å². The van der Waals surface area contributed by atoms with Gasteiger partial charge in [-0.15, -0.1) is 0 Å². The average molecular weight is 626 g/mol. The van der Waals surface area contributed by atoms with Crippen LogP contribution in [0.1, 0.15) is 30.5 Å². The fourth-order valence-corrected chi connectivity index (χ4v) is 7.39. The standard InChI is InChI=1S/C46H31N3/c1-46(2)41-22-20-36(26-40(41)39-21-11-29(28-47)23-42(39)46)32-12-16-33(17-13-32)43-27-44(37-18-14-30-7-3-5-9-34(30)24-37)49-45(48-43)38-19-15-31-8-4-6-10-35(31)25-38/h3-27H,1-2H3. The highest BCUT2D eigenvalue weighted by Crippen LogP contribution is 2.50. The maximum atomic E-state index is 9.52. The number of nitrogens with zero attached hydrogens (tertiary/aromatic N) is 3. The van der Waals surface area contributed by atoms with Crippen LogP contribution < -0.4 is 0 Å². The first-order valence-electron chi connectivity index (χ1n) is 16.6. The maximum Gasteiger partial charge on any atom is 0.160 e. The smallest absolute Gasteiger partial charge is 0.160 e. The summed E-state index contributed by atoms with van der Waals surface area (Å²) in [6.07, 6.45) is 0. The number of hydrogen-bond donors (Lipinski definition) is 0. The van der Waals surface area contributed by atoms with Gasteiger partial charge in [0.15, 0.2) is 5.82 Å². The maximum absolute atomic E-state index is 9.52. The van der Waals surface area contributed by atoms with Gasteiger partial charge in [-0.3, -0.25) is 0 Å². The van der Waals surface area contributed by atoms with E-state index in [0.29, 0.717) is 11.4 Å². The molecule has 0 fully saturated rings. The van der Waals surface area contributed by atoms with Crippen molar-refractivity contribution < 1.29 is 0 Å². The molecule has 0 saturated carbocycles. The minimum Gasteiger partial charge on any atom is -0.228 e. The Morgan fingerprint density at radius 3 is 1.71 bits per heavy atom. The lowest BCUT2D eigenvalue weighted by Crippen LogP contribution is -2.15. The van der Waals surface area contributed by atoms with Crippen molar-refractivity contribution in [3.8, 4) is 62.2 Å². The molecule has 1 aliphatic carbocycles. The summed E-state index contributed by atoms with van der Waals surface area (Å²) in [5, 5.41) is 14.3. The first-order chi connectivity index (χ1) is 23.9. The molecule has 0 saturated heterocycles. The van der Waals surface area contributed by atoms with Crippen molar-refractivity contribution in [2.24, 2.45) is 0 Å². The van der Waals surface area contributed by atoms with E-state index < -0.39 is 0 Å². The van der Waals surface area contributed by atoms with Crippen molar-refractivity contribution >= 4 is 21.5 Å². The van der Waals surface area contributed by atoms with Crippen molar-refractivity contribution in [1.82, 2.24) is 9.97 Å². The second-order valence-corrected chi connectivity index (χ2v) is 13.4. The van der Waals surface area contributed by atoms with E-state index in [1.165, 1.54) is 38.4 Å². The summed E-state index contributed by atoms with van der Waals surface area (Å²) < 4.78 is 0. The molecule has 3 heteroatoms. The molecule has 0 atom stereocenters. The highest BCUT2D eigenvalue weighted by atomic mass is 14.9. The third-order valence-corrected chi connectivity index (χ3v) is 10.1. The first-order valence-corrected chi connectivity index (χ1v) is 16.6. The Labute approximate surface area is 285 Å². The van der Waals surface area contributed by atoms with Gasteiger partial charge in [0.05, 0.1) is 23.0 Å². The molecule has 0 N–H and O–H groups in total. The molecule has 1 aliphatic rings. The van der Waals surface area contributed by atoms with E-state index in [2.05, 4.69) is 159 Å². The summed E-state index contributed by atoms with van der Waals surface area (Å²) in [5.41, 5.74) is 12.7. The fourth-order valence-electron chi connectivity index (χ4n) is 7.39. The summed E-state index contributed by atoms with van der Waals surface area (Å²) in [7, 11) is 0. The summed E-state index contributed by atoms with van der Waals surface area (Å²) in [6, 6.07) is 55.7. The van der Waals surface area contributed by atoms with Gasteiger partial charge in [0.1, 0.15) is 0 Å². The number of nitriles is 1. The van der Waals surface area contributed by atoms with Gasteiger partial charge in [0.2, 0.25) is 0 Å². The van der Waals surface area contributed by atoms with Crippen molar-refractivity contribution in [3.63, 3.8) is 0 Å². The molecular weight excluding hydrogens is 595 g/mol. The highest BCUT2D eigenvalue weighted by Gasteiger charge is 2.35. The van der Waals surface area contributed by atoms with Gasteiger partial charge in [-0.1, -0.05) is 129 Å². The topological polar surface area (TPSA) is 49.6 Å². The van der Waals surface area contributed by atoms with Crippen molar-refractivity contribution in [2.45, 2.75) is 19.3 Å². The third kappa shape index (κ3) is 4.89. The summed E-state index contributed by atoms with van der Waals surface area (Å²) in [4.78, 5) is 10.3. The second kappa shape index (κ2) is 11.1. The zero-order chi connectivity index (χ0) is 33.1. The minimum atomic E-state index is -0.154. The molecule has 3 nitrogen and oxygen atoms in total. The molecule has 1 aromatic heterocycles. The Balaban J connectivity index is 1.13. The van der Waals surface area contributed by atoms with Crippen LogP contribution in [-0.2, 0) is 5.41 Å².